The number of rotatable bonds is 7. The lowest BCUT2D eigenvalue weighted by atomic mass is 9.90. The van der Waals surface area contributed by atoms with E-state index in [-0.39, 0.29) is 5.97 Å². The summed E-state index contributed by atoms with van der Waals surface area (Å²) in [6.07, 6.45) is 13.5. The molecule has 0 bridgehead atoms. The Balaban J connectivity index is 2.06. The fourth-order valence-electron chi connectivity index (χ4n) is 2.03. The van der Waals surface area contributed by atoms with E-state index in [2.05, 4.69) is 11.9 Å². The van der Waals surface area contributed by atoms with Crippen LogP contribution in [0.4, 0.5) is 0 Å². The van der Waals surface area contributed by atoms with Gasteiger partial charge in [-0.2, -0.15) is 0 Å². The highest BCUT2D eigenvalue weighted by Crippen LogP contribution is 2.28. The second-order valence-electron chi connectivity index (χ2n) is 5.45. The molecule has 0 unspecified atom stereocenters. The summed E-state index contributed by atoms with van der Waals surface area (Å²) in [5, 5.41) is 3.29. The maximum atomic E-state index is 11.8. The predicted octanol–water partition coefficient (Wildman–Crippen LogP) is 3.27. The molecular formula is C17H23NO2. The van der Waals surface area contributed by atoms with Crippen molar-refractivity contribution in [1.29, 1.82) is 0 Å². The van der Waals surface area contributed by atoms with Gasteiger partial charge in [0.1, 0.15) is 0 Å². The fourth-order valence-corrected chi connectivity index (χ4v) is 2.03. The first-order chi connectivity index (χ1) is 9.72. The van der Waals surface area contributed by atoms with Crippen molar-refractivity contribution in [3.05, 3.63) is 47.7 Å². The van der Waals surface area contributed by atoms with Crippen molar-refractivity contribution in [1.82, 2.24) is 5.32 Å². The summed E-state index contributed by atoms with van der Waals surface area (Å²) in [6.45, 7) is 4.80. The minimum atomic E-state index is -0.292. The van der Waals surface area contributed by atoms with Crippen LogP contribution in [0.2, 0.25) is 0 Å². The number of hydrogen-bond acceptors (Lipinski definition) is 3. The number of allylic oxidation sites excluding steroid dienone is 4. The second-order valence-corrected chi connectivity index (χ2v) is 5.45. The topological polar surface area (TPSA) is 38.3 Å². The monoisotopic (exact) mass is 273 g/mol. The van der Waals surface area contributed by atoms with Gasteiger partial charge in [-0.15, -0.1) is 0 Å². The lowest BCUT2D eigenvalue weighted by Crippen LogP contribution is -2.10. The second kappa shape index (κ2) is 7.13. The van der Waals surface area contributed by atoms with Crippen LogP contribution in [-0.2, 0) is 9.53 Å². The normalized spacial score (nSPS) is 19.1. The molecule has 20 heavy (non-hydrogen) atoms. The molecule has 2 aliphatic rings. The van der Waals surface area contributed by atoms with E-state index in [4.69, 9.17) is 4.74 Å². The highest BCUT2D eigenvalue weighted by molar-refractivity contribution is 5.92. The molecule has 0 spiro atoms. The molecule has 2 saturated carbocycles. The lowest BCUT2D eigenvalue weighted by Gasteiger charge is -2.16. The van der Waals surface area contributed by atoms with Crippen molar-refractivity contribution in [3.8, 4) is 0 Å². The number of carbonyl (C=O) groups excluding carboxylic acids is 1. The largest absolute Gasteiger partial charge is 0.465 e. The zero-order chi connectivity index (χ0) is 14.4. The Hall–Kier alpha value is -1.77. The fraction of sp³-hybridized carbons (Fsp3) is 0.471. The molecule has 108 valence electrons. The van der Waals surface area contributed by atoms with Crippen LogP contribution in [0.15, 0.2) is 47.7 Å². The van der Waals surface area contributed by atoms with Gasteiger partial charge in [0.2, 0.25) is 0 Å². The molecule has 3 heteroatoms. The van der Waals surface area contributed by atoms with E-state index in [9.17, 15) is 4.79 Å². The van der Waals surface area contributed by atoms with E-state index < -0.39 is 0 Å². The van der Waals surface area contributed by atoms with E-state index in [1.807, 2.05) is 18.4 Å². The molecule has 0 aromatic heterocycles. The van der Waals surface area contributed by atoms with Crippen LogP contribution >= 0.6 is 0 Å². The molecule has 0 saturated heterocycles. The molecule has 0 aromatic carbocycles. The van der Waals surface area contributed by atoms with Crippen LogP contribution in [0.3, 0.4) is 0 Å². The lowest BCUT2D eigenvalue weighted by molar-refractivity contribution is -0.135. The molecule has 0 aliphatic heterocycles. The van der Waals surface area contributed by atoms with Crippen molar-refractivity contribution in [2.24, 2.45) is 5.92 Å². The van der Waals surface area contributed by atoms with E-state index in [0.29, 0.717) is 5.57 Å². The number of hydrogen-bond donors (Lipinski definition) is 1. The van der Waals surface area contributed by atoms with E-state index in [0.717, 1.165) is 30.9 Å². The highest BCUT2D eigenvalue weighted by atomic mass is 16.5. The predicted molar refractivity (Wildman–Crippen MR) is 81.0 cm³/mol. The third-order valence-electron chi connectivity index (χ3n) is 3.71. The van der Waals surface area contributed by atoms with Crippen molar-refractivity contribution in [2.75, 3.05) is 13.7 Å². The van der Waals surface area contributed by atoms with Gasteiger partial charge in [-0.25, -0.2) is 4.79 Å². The molecule has 3 nitrogen and oxygen atoms in total. The Labute approximate surface area is 121 Å². The van der Waals surface area contributed by atoms with Gasteiger partial charge in [-0.05, 0) is 55.7 Å². The Kier molecular flexibility index (Phi) is 5.22. The molecule has 2 aliphatic carbocycles. The SMILES string of the molecule is C=CC(=C/NCC1CC1)/C=C(\C=C1CCC1)C(=O)OC. The maximum absolute atomic E-state index is 11.8. The van der Waals surface area contributed by atoms with Crippen LogP contribution in [0.1, 0.15) is 32.1 Å². The minimum absolute atomic E-state index is 0.292. The summed E-state index contributed by atoms with van der Waals surface area (Å²) >= 11 is 0. The molecule has 2 fully saturated rings. The van der Waals surface area contributed by atoms with Gasteiger partial charge in [0.15, 0.2) is 0 Å². The zero-order valence-electron chi connectivity index (χ0n) is 12.2. The Morgan fingerprint density at radius 3 is 2.70 bits per heavy atom. The van der Waals surface area contributed by atoms with Gasteiger partial charge in [0.25, 0.3) is 0 Å². The van der Waals surface area contributed by atoms with E-state index >= 15 is 0 Å². The first kappa shape index (κ1) is 14.6. The van der Waals surface area contributed by atoms with Crippen molar-refractivity contribution < 1.29 is 9.53 Å². The molecule has 0 atom stereocenters. The van der Waals surface area contributed by atoms with Crippen LogP contribution in [0.25, 0.3) is 0 Å². The maximum Gasteiger partial charge on any atom is 0.337 e. The van der Waals surface area contributed by atoms with Crippen LogP contribution in [-0.4, -0.2) is 19.6 Å². The van der Waals surface area contributed by atoms with E-state index in [1.54, 1.807) is 6.08 Å². The Morgan fingerprint density at radius 1 is 1.45 bits per heavy atom. The third-order valence-corrected chi connectivity index (χ3v) is 3.71. The number of carbonyl (C=O) groups is 1. The smallest absolute Gasteiger partial charge is 0.337 e. The van der Waals surface area contributed by atoms with Gasteiger partial charge in [0.05, 0.1) is 12.7 Å². The number of nitrogens with one attached hydrogen (secondary N) is 1. The quantitative estimate of drug-likeness (QED) is 0.439. The van der Waals surface area contributed by atoms with Crippen molar-refractivity contribution in [3.63, 3.8) is 0 Å². The number of ether oxygens (including phenoxy) is 1. The minimum Gasteiger partial charge on any atom is -0.465 e. The average Bonchev–Trinajstić information content (AvgIpc) is 3.22. The molecule has 0 heterocycles. The molecule has 2 rings (SSSR count). The van der Waals surface area contributed by atoms with Gasteiger partial charge < -0.3 is 10.1 Å². The number of esters is 1. The Bertz CT molecular complexity index is 461. The summed E-state index contributed by atoms with van der Waals surface area (Å²) in [5.74, 6) is 0.526. The molecule has 0 amide bonds. The molecule has 1 N–H and O–H groups in total. The summed E-state index contributed by atoms with van der Waals surface area (Å²) in [7, 11) is 1.41. The average molecular weight is 273 g/mol. The van der Waals surface area contributed by atoms with Crippen LogP contribution in [0.5, 0.6) is 0 Å². The molecule has 0 radical (unpaired) electrons. The number of methoxy groups -OCH3 is 1. The summed E-state index contributed by atoms with van der Waals surface area (Å²) in [4.78, 5) is 11.8. The van der Waals surface area contributed by atoms with E-state index in [1.165, 1.54) is 31.9 Å². The summed E-state index contributed by atoms with van der Waals surface area (Å²) in [6, 6.07) is 0. The van der Waals surface area contributed by atoms with Gasteiger partial charge in [-0.3, -0.25) is 0 Å². The Morgan fingerprint density at radius 2 is 2.20 bits per heavy atom. The van der Waals surface area contributed by atoms with Crippen molar-refractivity contribution in [2.45, 2.75) is 32.1 Å². The standard InChI is InChI=1S/C17H23NO2/c1-3-13(11-18-12-15-7-8-15)9-16(17(19)20-2)10-14-5-4-6-14/h3,9-11,15,18H,1,4-8,12H2,2H3/b13-11-,16-9+. The summed E-state index contributed by atoms with van der Waals surface area (Å²) < 4.78 is 4.85. The first-order valence-electron chi connectivity index (χ1n) is 7.28. The van der Waals surface area contributed by atoms with Gasteiger partial charge >= 0.3 is 5.97 Å². The first-order valence-corrected chi connectivity index (χ1v) is 7.28. The highest BCUT2D eigenvalue weighted by Gasteiger charge is 2.19. The zero-order valence-corrected chi connectivity index (χ0v) is 12.2. The molecular weight excluding hydrogens is 250 g/mol. The van der Waals surface area contributed by atoms with Crippen LogP contribution in [0, 0.1) is 5.92 Å². The third kappa shape index (κ3) is 4.41. The summed E-state index contributed by atoms with van der Waals surface area (Å²) in [5.41, 5.74) is 2.82. The van der Waals surface area contributed by atoms with Gasteiger partial charge in [0, 0.05) is 12.7 Å². The van der Waals surface area contributed by atoms with Crippen molar-refractivity contribution >= 4 is 5.97 Å². The van der Waals surface area contributed by atoms with Gasteiger partial charge in [-0.1, -0.05) is 18.2 Å². The molecule has 0 aromatic rings. The van der Waals surface area contributed by atoms with Crippen LogP contribution < -0.4 is 5.32 Å².